The monoisotopic (exact) mass is 276 g/mol. The molecule has 0 radical (unpaired) electrons. The van der Waals surface area contributed by atoms with Gasteiger partial charge in [-0.1, -0.05) is 0 Å². The molecule has 0 spiro atoms. The summed E-state index contributed by atoms with van der Waals surface area (Å²) < 4.78 is 5.34. The first kappa shape index (κ1) is 13.8. The average Bonchev–Trinajstić information content (AvgIpc) is 3.33. The van der Waals surface area contributed by atoms with Gasteiger partial charge in [-0.2, -0.15) is 0 Å². The smallest absolute Gasteiger partial charge is 0.225 e. The van der Waals surface area contributed by atoms with Gasteiger partial charge >= 0.3 is 0 Å². The number of hydrogen-bond acceptors (Lipinski definition) is 5. The summed E-state index contributed by atoms with van der Waals surface area (Å²) in [5, 5.41) is 3.80. The molecule has 2 aliphatic rings. The zero-order valence-electron chi connectivity index (χ0n) is 12.2. The van der Waals surface area contributed by atoms with E-state index in [9.17, 15) is 0 Å². The normalized spacial score (nSPS) is 21.9. The molecule has 1 aliphatic carbocycles. The van der Waals surface area contributed by atoms with E-state index < -0.39 is 0 Å². The predicted molar refractivity (Wildman–Crippen MR) is 78.8 cm³/mol. The minimum atomic E-state index is 0.546. The Morgan fingerprint density at radius 3 is 2.55 bits per heavy atom. The predicted octanol–water partition coefficient (Wildman–Crippen LogP) is 1.46. The topological polar surface area (TPSA) is 50.3 Å². The minimum absolute atomic E-state index is 0.546. The second-order valence-corrected chi connectivity index (χ2v) is 5.88. The lowest BCUT2D eigenvalue weighted by molar-refractivity contribution is 0.148. The SMILES string of the molecule is COCC(NC1CCN(c2ncccn2)CC1)C1CC1. The summed E-state index contributed by atoms with van der Waals surface area (Å²) in [6.07, 6.45) is 8.66. The third-order valence-electron chi connectivity index (χ3n) is 4.32. The van der Waals surface area contributed by atoms with Crippen molar-refractivity contribution in [2.75, 3.05) is 31.7 Å². The molecule has 5 nitrogen and oxygen atoms in total. The van der Waals surface area contributed by atoms with E-state index in [1.165, 1.54) is 12.8 Å². The second-order valence-electron chi connectivity index (χ2n) is 5.88. The van der Waals surface area contributed by atoms with Gasteiger partial charge < -0.3 is 15.0 Å². The van der Waals surface area contributed by atoms with Crippen molar-refractivity contribution in [2.24, 2.45) is 5.92 Å². The van der Waals surface area contributed by atoms with Crippen LogP contribution in [0.4, 0.5) is 5.95 Å². The molecule has 1 aromatic rings. The van der Waals surface area contributed by atoms with Crippen LogP contribution in [0.3, 0.4) is 0 Å². The number of ether oxygens (including phenoxy) is 1. The zero-order chi connectivity index (χ0) is 13.8. The van der Waals surface area contributed by atoms with Crippen LogP contribution in [0.1, 0.15) is 25.7 Å². The average molecular weight is 276 g/mol. The number of nitrogens with one attached hydrogen (secondary N) is 1. The minimum Gasteiger partial charge on any atom is -0.383 e. The Hall–Kier alpha value is -1.20. The Morgan fingerprint density at radius 1 is 1.25 bits per heavy atom. The van der Waals surface area contributed by atoms with Gasteiger partial charge in [0.15, 0.2) is 0 Å². The highest BCUT2D eigenvalue weighted by atomic mass is 16.5. The van der Waals surface area contributed by atoms with Crippen LogP contribution in [-0.4, -0.2) is 48.9 Å². The van der Waals surface area contributed by atoms with E-state index in [1.807, 2.05) is 18.5 Å². The molecule has 1 atom stereocenters. The van der Waals surface area contributed by atoms with Crippen LogP contribution in [0.2, 0.25) is 0 Å². The number of nitrogens with zero attached hydrogens (tertiary/aromatic N) is 3. The van der Waals surface area contributed by atoms with Crippen molar-refractivity contribution in [1.29, 1.82) is 0 Å². The van der Waals surface area contributed by atoms with Gasteiger partial charge in [0.1, 0.15) is 0 Å². The molecule has 0 amide bonds. The zero-order valence-corrected chi connectivity index (χ0v) is 12.2. The van der Waals surface area contributed by atoms with Gasteiger partial charge in [0.25, 0.3) is 0 Å². The van der Waals surface area contributed by atoms with Crippen molar-refractivity contribution in [3.63, 3.8) is 0 Å². The van der Waals surface area contributed by atoms with E-state index in [-0.39, 0.29) is 0 Å². The van der Waals surface area contributed by atoms with Crippen molar-refractivity contribution >= 4 is 5.95 Å². The maximum atomic E-state index is 5.34. The summed E-state index contributed by atoms with van der Waals surface area (Å²) in [6.45, 7) is 2.91. The molecule has 0 bridgehead atoms. The molecule has 0 aromatic carbocycles. The lowest BCUT2D eigenvalue weighted by Crippen LogP contribution is -2.48. The molecule has 2 heterocycles. The van der Waals surface area contributed by atoms with Crippen LogP contribution >= 0.6 is 0 Å². The standard InChI is InChI=1S/C15H24N4O/c1-20-11-14(12-3-4-12)18-13-5-9-19(10-6-13)15-16-7-2-8-17-15/h2,7-8,12-14,18H,3-6,9-11H2,1H3. The summed E-state index contributed by atoms with van der Waals surface area (Å²) in [5.74, 6) is 1.70. The van der Waals surface area contributed by atoms with Gasteiger partial charge in [-0.3, -0.25) is 0 Å². The van der Waals surface area contributed by atoms with Crippen molar-refractivity contribution in [3.8, 4) is 0 Å². The Labute approximate surface area is 120 Å². The van der Waals surface area contributed by atoms with Crippen molar-refractivity contribution < 1.29 is 4.74 Å². The summed E-state index contributed by atoms with van der Waals surface area (Å²) in [7, 11) is 1.80. The van der Waals surface area contributed by atoms with Crippen LogP contribution in [0.15, 0.2) is 18.5 Å². The summed E-state index contributed by atoms with van der Waals surface area (Å²) in [5.41, 5.74) is 0. The quantitative estimate of drug-likeness (QED) is 0.852. The molecule has 1 N–H and O–H groups in total. The lowest BCUT2D eigenvalue weighted by atomic mass is 10.0. The third-order valence-corrected chi connectivity index (χ3v) is 4.32. The summed E-state index contributed by atoms with van der Waals surface area (Å²) >= 11 is 0. The fourth-order valence-electron chi connectivity index (χ4n) is 3.00. The van der Waals surface area contributed by atoms with E-state index >= 15 is 0 Å². The molecule has 5 heteroatoms. The first-order chi connectivity index (χ1) is 9.86. The Morgan fingerprint density at radius 2 is 1.95 bits per heavy atom. The highest BCUT2D eigenvalue weighted by molar-refractivity contribution is 5.29. The highest BCUT2D eigenvalue weighted by Crippen LogP contribution is 2.33. The van der Waals surface area contributed by atoms with Gasteiger partial charge in [-0.05, 0) is 37.7 Å². The molecule has 1 aliphatic heterocycles. The van der Waals surface area contributed by atoms with E-state index in [2.05, 4.69) is 20.2 Å². The Kier molecular flexibility index (Phi) is 4.47. The first-order valence-corrected chi connectivity index (χ1v) is 7.64. The van der Waals surface area contributed by atoms with E-state index in [4.69, 9.17) is 4.74 Å². The van der Waals surface area contributed by atoms with E-state index in [1.54, 1.807) is 7.11 Å². The van der Waals surface area contributed by atoms with E-state index in [0.717, 1.165) is 44.4 Å². The van der Waals surface area contributed by atoms with Crippen molar-refractivity contribution in [2.45, 2.75) is 37.8 Å². The van der Waals surface area contributed by atoms with Crippen LogP contribution in [0.25, 0.3) is 0 Å². The van der Waals surface area contributed by atoms with Gasteiger partial charge in [-0.15, -0.1) is 0 Å². The molecule has 110 valence electrons. The maximum Gasteiger partial charge on any atom is 0.225 e. The summed E-state index contributed by atoms with van der Waals surface area (Å²) in [4.78, 5) is 10.9. The maximum absolute atomic E-state index is 5.34. The second kappa shape index (κ2) is 6.50. The van der Waals surface area contributed by atoms with Crippen molar-refractivity contribution in [1.82, 2.24) is 15.3 Å². The molecular formula is C15H24N4O. The summed E-state index contributed by atoms with van der Waals surface area (Å²) in [6, 6.07) is 3.02. The Balaban J connectivity index is 1.48. The van der Waals surface area contributed by atoms with Gasteiger partial charge in [0, 0.05) is 44.7 Å². The van der Waals surface area contributed by atoms with Crippen molar-refractivity contribution in [3.05, 3.63) is 18.5 Å². The molecule has 1 unspecified atom stereocenters. The third kappa shape index (κ3) is 3.46. The van der Waals surface area contributed by atoms with E-state index in [0.29, 0.717) is 12.1 Å². The number of aromatic nitrogens is 2. The number of rotatable bonds is 6. The number of methoxy groups -OCH3 is 1. The molecule has 1 saturated carbocycles. The largest absolute Gasteiger partial charge is 0.383 e. The van der Waals surface area contributed by atoms with Crippen LogP contribution in [0.5, 0.6) is 0 Å². The lowest BCUT2D eigenvalue weighted by Gasteiger charge is -2.34. The molecule has 1 saturated heterocycles. The van der Waals surface area contributed by atoms with Crippen LogP contribution in [-0.2, 0) is 4.74 Å². The van der Waals surface area contributed by atoms with Gasteiger partial charge in [0.2, 0.25) is 5.95 Å². The molecule has 3 rings (SSSR count). The number of piperidine rings is 1. The fourth-order valence-corrected chi connectivity index (χ4v) is 3.00. The van der Waals surface area contributed by atoms with Crippen LogP contribution < -0.4 is 10.2 Å². The number of anilines is 1. The fraction of sp³-hybridized carbons (Fsp3) is 0.733. The molecular weight excluding hydrogens is 252 g/mol. The van der Waals surface area contributed by atoms with Gasteiger partial charge in [0.05, 0.1) is 6.61 Å². The highest BCUT2D eigenvalue weighted by Gasteiger charge is 2.33. The molecule has 2 fully saturated rings. The Bertz CT molecular complexity index is 402. The van der Waals surface area contributed by atoms with Gasteiger partial charge in [-0.25, -0.2) is 9.97 Å². The van der Waals surface area contributed by atoms with Crippen LogP contribution in [0, 0.1) is 5.92 Å². The molecule has 1 aromatic heterocycles. The number of hydrogen-bond donors (Lipinski definition) is 1. The first-order valence-electron chi connectivity index (χ1n) is 7.64. The molecule has 20 heavy (non-hydrogen) atoms.